The van der Waals surface area contributed by atoms with Crippen LogP contribution in [0, 0.1) is 0 Å². The summed E-state index contributed by atoms with van der Waals surface area (Å²) in [7, 11) is 2.00. The van der Waals surface area contributed by atoms with Crippen LogP contribution in [0.3, 0.4) is 0 Å². The Kier molecular flexibility index (Phi) is 6.78. The highest BCUT2D eigenvalue weighted by Gasteiger charge is 2.18. The molecule has 0 bridgehead atoms. The minimum atomic E-state index is 0.281. The number of rotatable bonds is 7. The lowest BCUT2D eigenvalue weighted by molar-refractivity contribution is 0.0339. The monoisotopic (exact) mass is 299 g/mol. The Morgan fingerprint density at radius 3 is 2.65 bits per heavy atom. The zero-order valence-corrected chi connectivity index (χ0v) is 12.5. The van der Waals surface area contributed by atoms with E-state index in [4.69, 9.17) is 4.74 Å². The van der Waals surface area contributed by atoms with Gasteiger partial charge in [0.1, 0.15) is 0 Å². The Bertz CT molecular complexity index is 330. The molecule has 0 radical (unpaired) electrons. The van der Waals surface area contributed by atoms with Gasteiger partial charge in [-0.2, -0.15) is 0 Å². The van der Waals surface area contributed by atoms with Gasteiger partial charge < -0.3 is 10.1 Å². The molecule has 1 aromatic rings. The van der Waals surface area contributed by atoms with Crippen molar-refractivity contribution in [1.82, 2.24) is 5.32 Å². The molecular weight excluding hydrogens is 278 g/mol. The Labute approximate surface area is 113 Å². The maximum atomic E-state index is 5.77. The van der Waals surface area contributed by atoms with Crippen LogP contribution in [-0.2, 0) is 11.2 Å². The summed E-state index contributed by atoms with van der Waals surface area (Å²) >= 11 is 3.51. The summed E-state index contributed by atoms with van der Waals surface area (Å²) in [6.45, 7) is 5.00. The Hall–Kier alpha value is -0.380. The average Bonchev–Trinajstić information content (AvgIpc) is 2.33. The Morgan fingerprint density at radius 2 is 2.12 bits per heavy atom. The van der Waals surface area contributed by atoms with E-state index in [9.17, 15) is 0 Å². The molecule has 0 spiro atoms. The first-order valence-electron chi connectivity index (χ1n) is 6.24. The number of nitrogens with one attached hydrogen (secondary N) is 1. The van der Waals surface area contributed by atoms with E-state index in [1.54, 1.807) is 0 Å². The molecule has 96 valence electrons. The molecule has 1 rings (SSSR count). The van der Waals surface area contributed by atoms with Gasteiger partial charge in [0.15, 0.2) is 0 Å². The second-order valence-corrected chi connectivity index (χ2v) is 5.05. The van der Waals surface area contributed by atoms with Crippen molar-refractivity contribution in [2.75, 3.05) is 13.7 Å². The number of hydrogen-bond acceptors (Lipinski definition) is 2. The standard InChI is InChI=1S/C14H22BrNO/c1-4-14(17-5-2)13(16-3)10-11-7-6-8-12(15)9-11/h6-9,13-14,16H,4-5,10H2,1-3H3. The fraction of sp³-hybridized carbons (Fsp3) is 0.571. The molecule has 0 amide bonds. The largest absolute Gasteiger partial charge is 0.377 e. The van der Waals surface area contributed by atoms with E-state index in [0.29, 0.717) is 6.04 Å². The van der Waals surface area contributed by atoms with Crippen LogP contribution in [0.1, 0.15) is 25.8 Å². The van der Waals surface area contributed by atoms with Gasteiger partial charge in [-0.25, -0.2) is 0 Å². The molecule has 0 heterocycles. The molecule has 2 atom stereocenters. The molecule has 0 aliphatic carbocycles. The highest BCUT2D eigenvalue weighted by Crippen LogP contribution is 2.15. The van der Waals surface area contributed by atoms with E-state index < -0.39 is 0 Å². The summed E-state index contributed by atoms with van der Waals surface area (Å²) in [5, 5.41) is 3.37. The predicted octanol–water partition coefficient (Wildman–Crippen LogP) is 3.39. The average molecular weight is 300 g/mol. The number of halogens is 1. The second-order valence-electron chi connectivity index (χ2n) is 4.13. The molecule has 0 aliphatic rings. The lowest BCUT2D eigenvalue weighted by Gasteiger charge is -2.26. The van der Waals surface area contributed by atoms with E-state index >= 15 is 0 Å². The van der Waals surface area contributed by atoms with Gasteiger partial charge in [0, 0.05) is 17.1 Å². The summed E-state index contributed by atoms with van der Waals surface area (Å²) in [5.41, 5.74) is 1.33. The number of ether oxygens (including phenoxy) is 1. The van der Waals surface area contributed by atoms with Crippen molar-refractivity contribution in [2.24, 2.45) is 0 Å². The molecule has 0 aromatic heterocycles. The molecule has 0 aliphatic heterocycles. The summed E-state index contributed by atoms with van der Waals surface area (Å²) < 4.78 is 6.91. The van der Waals surface area contributed by atoms with Gasteiger partial charge in [0.2, 0.25) is 0 Å². The van der Waals surface area contributed by atoms with Crippen LogP contribution in [0.2, 0.25) is 0 Å². The number of likely N-dealkylation sites (N-methyl/N-ethyl adjacent to an activating group) is 1. The van der Waals surface area contributed by atoms with E-state index in [1.807, 2.05) is 7.05 Å². The fourth-order valence-electron chi connectivity index (χ4n) is 2.07. The highest BCUT2D eigenvalue weighted by atomic mass is 79.9. The molecule has 0 saturated heterocycles. The number of benzene rings is 1. The van der Waals surface area contributed by atoms with Crippen LogP contribution < -0.4 is 5.32 Å². The van der Waals surface area contributed by atoms with Crippen LogP contribution in [0.5, 0.6) is 0 Å². The van der Waals surface area contributed by atoms with Crippen LogP contribution in [0.15, 0.2) is 28.7 Å². The lowest BCUT2D eigenvalue weighted by atomic mass is 10.00. The predicted molar refractivity (Wildman–Crippen MR) is 76.4 cm³/mol. The van der Waals surface area contributed by atoms with Crippen LogP contribution in [0.4, 0.5) is 0 Å². The third-order valence-electron chi connectivity index (χ3n) is 2.95. The highest BCUT2D eigenvalue weighted by molar-refractivity contribution is 9.10. The maximum absolute atomic E-state index is 5.77. The summed E-state index contributed by atoms with van der Waals surface area (Å²) in [4.78, 5) is 0. The van der Waals surface area contributed by atoms with E-state index in [0.717, 1.165) is 23.9 Å². The van der Waals surface area contributed by atoms with Gasteiger partial charge in [-0.15, -0.1) is 0 Å². The first-order chi connectivity index (χ1) is 8.21. The Morgan fingerprint density at radius 1 is 1.35 bits per heavy atom. The molecule has 17 heavy (non-hydrogen) atoms. The van der Waals surface area contributed by atoms with Gasteiger partial charge in [0.25, 0.3) is 0 Å². The van der Waals surface area contributed by atoms with Gasteiger partial charge >= 0.3 is 0 Å². The van der Waals surface area contributed by atoms with Gasteiger partial charge in [-0.1, -0.05) is 35.0 Å². The molecular formula is C14H22BrNO. The fourth-order valence-corrected chi connectivity index (χ4v) is 2.52. The Balaban J connectivity index is 2.68. The van der Waals surface area contributed by atoms with Crippen molar-refractivity contribution >= 4 is 15.9 Å². The zero-order valence-electron chi connectivity index (χ0n) is 10.9. The zero-order chi connectivity index (χ0) is 12.7. The quantitative estimate of drug-likeness (QED) is 0.833. The van der Waals surface area contributed by atoms with E-state index in [-0.39, 0.29) is 6.10 Å². The minimum Gasteiger partial charge on any atom is -0.377 e. The first-order valence-corrected chi connectivity index (χ1v) is 7.03. The topological polar surface area (TPSA) is 21.3 Å². The maximum Gasteiger partial charge on any atom is 0.0728 e. The third-order valence-corrected chi connectivity index (χ3v) is 3.44. The smallest absolute Gasteiger partial charge is 0.0728 e. The van der Waals surface area contributed by atoms with Crippen molar-refractivity contribution in [3.63, 3.8) is 0 Å². The van der Waals surface area contributed by atoms with Crippen molar-refractivity contribution in [3.05, 3.63) is 34.3 Å². The first kappa shape index (κ1) is 14.7. The van der Waals surface area contributed by atoms with Crippen molar-refractivity contribution in [1.29, 1.82) is 0 Å². The van der Waals surface area contributed by atoms with Gasteiger partial charge in [-0.05, 0) is 44.5 Å². The number of hydrogen-bond donors (Lipinski definition) is 1. The van der Waals surface area contributed by atoms with E-state index in [1.165, 1.54) is 5.56 Å². The minimum absolute atomic E-state index is 0.281. The van der Waals surface area contributed by atoms with Gasteiger partial charge in [-0.3, -0.25) is 0 Å². The summed E-state index contributed by atoms with van der Waals surface area (Å²) in [6, 6.07) is 8.83. The molecule has 1 aromatic carbocycles. The van der Waals surface area contributed by atoms with Crippen LogP contribution in [0.25, 0.3) is 0 Å². The van der Waals surface area contributed by atoms with Gasteiger partial charge in [0.05, 0.1) is 6.10 Å². The molecule has 2 nitrogen and oxygen atoms in total. The van der Waals surface area contributed by atoms with Crippen molar-refractivity contribution < 1.29 is 4.74 Å². The van der Waals surface area contributed by atoms with E-state index in [2.05, 4.69) is 59.4 Å². The van der Waals surface area contributed by atoms with Crippen LogP contribution >= 0.6 is 15.9 Å². The van der Waals surface area contributed by atoms with Crippen LogP contribution in [-0.4, -0.2) is 25.8 Å². The van der Waals surface area contributed by atoms with Crippen molar-refractivity contribution in [2.45, 2.75) is 38.8 Å². The molecule has 1 N–H and O–H groups in total. The molecule has 3 heteroatoms. The third kappa shape index (κ3) is 4.78. The molecule has 0 saturated carbocycles. The summed E-state index contributed by atoms with van der Waals surface area (Å²) in [6.07, 6.45) is 2.31. The lowest BCUT2D eigenvalue weighted by Crippen LogP contribution is -2.40. The second kappa shape index (κ2) is 7.85. The normalized spacial score (nSPS) is 14.6. The molecule has 0 fully saturated rings. The SMILES string of the molecule is CCOC(CC)C(Cc1cccc(Br)c1)NC. The molecule has 2 unspecified atom stereocenters. The van der Waals surface area contributed by atoms with Crippen molar-refractivity contribution in [3.8, 4) is 0 Å². The summed E-state index contributed by atoms with van der Waals surface area (Å²) in [5.74, 6) is 0.